The van der Waals surface area contributed by atoms with Gasteiger partial charge in [0, 0.05) is 36.4 Å². The molecule has 0 aromatic carbocycles. The summed E-state index contributed by atoms with van der Waals surface area (Å²) in [5, 5.41) is 14.1. The van der Waals surface area contributed by atoms with Crippen molar-refractivity contribution < 1.29 is 4.79 Å². The van der Waals surface area contributed by atoms with Gasteiger partial charge in [-0.1, -0.05) is 38.0 Å². The fourth-order valence-corrected chi connectivity index (χ4v) is 5.83. The lowest BCUT2D eigenvalue weighted by Gasteiger charge is -2.36. The Kier molecular flexibility index (Phi) is 5.95. The van der Waals surface area contributed by atoms with Gasteiger partial charge in [0.1, 0.15) is 0 Å². The fourth-order valence-electron chi connectivity index (χ4n) is 4.82. The molecule has 1 saturated heterocycles. The van der Waals surface area contributed by atoms with Gasteiger partial charge in [0.15, 0.2) is 0 Å². The van der Waals surface area contributed by atoms with Gasteiger partial charge in [-0.3, -0.25) is 9.36 Å². The molecule has 2 aromatic heterocycles. The Bertz CT molecular complexity index is 832. The lowest BCUT2D eigenvalue weighted by Crippen LogP contribution is -2.48. The number of hydrogen-bond donors (Lipinski definition) is 1. The molecule has 1 aliphatic carbocycles. The Morgan fingerprint density at radius 1 is 1.03 bits per heavy atom. The molecule has 1 saturated carbocycles. The van der Waals surface area contributed by atoms with Gasteiger partial charge >= 0.3 is 0 Å². The molecule has 1 amide bonds. The van der Waals surface area contributed by atoms with Gasteiger partial charge < -0.3 is 10.2 Å². The van der Waals surface area contributed by atoms with Crippen molar-refractivity contribution in [3.05, 3.63) is 23.5 Å². The van der Waals surface area contributed by atoms with Crippen LogP contribution in [-0.2, 0) is 4.79 Å². The summed E-state index contributed by atoms with van der Waals surface area (Å²) >= 11 is 1.63. The zero-order valence-electron chi connectivity index (χ0n) is 18.0. The summed E-state index contributed by atoms with van der Waals surface area (Å²) in [7, 11) is 0. The summed E-state index contributed by atoms with van der Waals surface area (Å²) < 4.78 is 2.15. The van der Waals surface area contributed by atoms with E-state index in [0.29, 0.717) is 17.9 Å². The van der Waals surface area contributed by atoms with E-state index in [1.807, 2.05) is 0 Å². The average molecular weight is 416 g/mol. The number of aromatic nitrogens is 3. The van der Waals surface area contributed by atoms with E-state index in [1.165, 1.54) is 24.2 Å². The molecule has 7 heteroatoms. The maximum atomic E-state index is 12.8. The molecule has 2 aliphatic rings. The number of carbonyl (C=O) groups is 1. The molecule has 2 aromatic rings. The molecule has 0 radical (unpaired) electrons. The van der Waals surface area contributed by atoms with E-state index in [-0.39, 0.29) is 11.8 Å². The summed E-state index contributed by atoms with van der Waals surface area (Å²) in [6.45, 7) is 10.5. The highest BCUT2D eigenvalue weighted by molar-refractivity contribution is 7.17. The number of piperidine rings is 1. The van der Waals surface area contributed by atoms with Crippen LogP contribution in [-0.4, -0.2) is 39.8 Å². The summed E-state index contributed by atoms with van der Waals surface area (Å²) in [6, 6.07) is 4.56. The van der Waals surface area contributed by atoms with Crippen molar-refractivity contribution in [1.29, 1.82) is 0 Å². The number of amides is 1. The predicted octanol–water partition coefficient (Wildman–Crippen LogP) is 4.10. The SMILES string of the molecule is Cc1ccc(C)n1-c1nnc(N2CCC(C(=O)N[C@@H]3CCC[C@H](C)[C@@H]3C)CC2)s1. The molecule has 0 unspecified atom stereocenters. The summed E-state index contributed by atoms with van der Waals surface area (Å²) in [6.07, 6.45) is 5.42. The second-order valence-corrected chi connectivity index (χ2v) is 9.90. The van der Waals surface area contributed by atoms with E-state index in [4.69, 9.17) is 0 Å². The standard InChI is InChI=1S/C22H33N5OS/c1-14-6-5-7-19(17(14)4)23-20(28)18-10-12-26(13-11-18)21-24-25-22(29-21)27-15(2)8-9-16(27)3/h8-9,14,17-19H,5-7,10-13H2,1-4H3,(H,23,28)/t14-,17-,19+/m0/s1. The molecule has 0 spiro atoms. The van der Waals surface area contributed by atoms with E-state index in [1.54, 1.807) is 11.3 Å². The van der Waals surface area contributed by atoms with Crippen molar-refractivity contribution in [2.75, 3.05) is 18.0 Å². The normalized spacial score (nSPS) is 25.9. The van der Waals surface area contributed by atoms with E-state index in [2.05, 4.69) is 64.8 Å². The number of rotatable bonds is 4. The number of hydrogen-bond acceptors (Lipinski definition) is 5. The first kappa shape index (κ1) is 20.4. The van der Waals surface area contributed by atoms with Gasteiger partial charge in [0.25, 0.3) is 0 Å². The van der Waals surface area contributed by atoms with Gasteiger partial charge in [0.05, 0.1) is 0 Å². The Labute approximate surface area is 177 Å². The molecular formula is C22H33N5OS. The molecule has 0 bridgehead atoms. The summed E-state index contributed by atoms with van der Waals surface area (Å²) in [5.74, 6) is 1.66. The topological polar surface area (TPSA) is 63.1 Å². The predicted molar refractivity (Wildman–Crippen MR) is 118 cm³/mol. The summed E-state index contributed by atoms with van der Waals surface area (Å²) in [4.78, 5) is 15.1. The van der Waals surface area contributed by atoms with Crippen LogP contribution in [0.5, 0.6) is 0 Å². The first-order valence-corrected chi connectivity index (χ1v) is 11.8. The monoisotopic (exact) mass is 415 g/mol. The first-order valence-electron chi connectivity index (χ1n) is 11.0. The Balaban J connectivity index is 1.33. The van der Waals surface area contributed by atoms with Crippen molar-refractivity contribution in [3.63, 3.8) is 0 Å². The van der Waals surface area contributed by atoms with Crippen LogP contribution in [0.4, 0.5) is 5.13 Å². The maximum Gasteiger partial charge on any atom is 0.223 e. The van der Waals surface area contributed by atoms with Crippen molar-refractivity contribution >= 4 is 22.4 Å². The molecule has 4 rings (SSSR count). The Hall–Kier alpha value is -1.89. The van der Waals surface area contributed by atoms with Crippen LogP contribution in [0.1, 0.15) is 57.3 Å². The van der Waals surface area contributed by atoms with Gasteiger partial charge in [-0.2, -0.15) is 0 Å². The smallest absolute Gasteiger partial charge is 0.223 e. The zero-order chi connectivity index (χ0) is 20.5. The minimum absolute atomic E-state index is 0.122. The van der Waals surface area contributed by atoms with Gasteiger partial charge in [0.2, 0.25) is 16.2 Å². The number of carbonyl (C=O) groups excluding carboxylic acids is 1. The highest BCUT2D eigenvalue weighted by atomic mass is 32.1. The number of nitrogens with one attached hydrogen (secondary N) is 1. The number of nitrogens with zero attached hydrogens (tertiary/aromatic N) is 4. The molecule has 2 fully saturated rings. The van der Waals surface area contributed by atoms with Crippen LogP contribution in [0.25, 0.3) is 5.13 Å². The van der Waals surface area contributed by atoms with E-state index < -0.39 is 0 Å². The van der Waals surface area contributed by atoms with Gasteiger partial charge in [-0.15, -0.1) is 10.2 Å². The maximum absolute atomic E-state index is 12.8. The Morgan fingerprint density at radius 2 is 1.69 bits per heavy atom. The van der Waals surface area contributed by atoms with E-state index >= 15 is 0 Å². The third-order valence-corrected chi connectivity index (χ3v) is 8.01. The molecule has 3 heterocycles. The highest BCUT2D eigenvalue weighted by Gasteiger charge is 2.32. The lowest BCUT2D eigenvalue weighted by molar-refractivity contribution is -0.127. The van der Waals surface area contributed by atoms with Crippen LogP contribution in [0.3, 0.4) is 0 Å². The van der Waals surface area contributed by atoms with Crippen LogP contribution < -0.4 is 10.2 Å². The zero-order valence-corrected chi connectivity index (χ0v) is 18.8. The van der Waals surface area contributed by atoms with Crippen LogP contribution in [0.15, 0.2) is 12.1 Å². The minimum atomic E-state index is 0.122. The third-order valence-electron chi connectivity index (χ3n) is 7.04. The van der Waals surface area contributed by atoms with Crippen molar-refractivity contribution in [2.24, 2.45) is 17.8 Å². The first-order chi connectivity index (χ1) is 13.9. The van der Waals surface area contributed by atoms with Crippen LogP contribution >= 0.6 is 11.3 Å². The molecule has 158 valence electrons. The van der Waals surface area contributed by atoms with Crippen molar-refractivity contribution in [1.82, 2.24) is 20.1 Å². The second kappa shape index (κ2) is 8.46. The largest absolute Gasteiger partial charge is 0.353 e. The van der Waals surface area contributed by atoms with Crippen molar-refractivity contribution in [2.45, 2.75) is 65.8 Å². The lowest BCUT2D eigenvalue weighted by atomic mass is 9.78. The van der Waals surface area contributed by atoms with Gasteiger partial charge in [-0.05, 0) is 57.1 Å². The Morgan fingerprint density at radius 3 is 2.38 bits per heavy atom. The third kappa shape index (κ3) is 4.20. The summed E-state index contributed by atoms with van der Waals surface area (Å²) in [5.41, 5.74) is 2.35. The van der Waals surface area contributed by atoms with Crippen LogP contribution in [0.2, 0.25) is 0 Å². The van der Waals surface area contributed by atoms with E-state index in [0.717, 1.165) is 42.6 Å². The number of aryl methyl sites for hydroxylation is 2. The van der Waals surface area contributed by atoms with Crippen LogP contribution in [0, 0.1) is 31.6 Å². The minimum Gasteiger partial charge on any atom is -0.353 e. The quantitative estimate of drug-likeness (QED) is 0.816. The van der Waals surface area contributed by atoms with Crippen molar-refractivity contribution in [3.8, 4) is 5.13 Å². The molecule has 3 atom stereocenters. The second-order valence-electron chi connectivity index (χ2n) is 8.96. The average Bonchev–Trinajstić information content (AvgIpc) is 3.32. The highest BCUT2D eigenvalue weighted by Crippen LogP contribution is 2.31. The van der Waals surface area contributed by atoms with Gasteiger partial charge in [-0.25, -0.2) is 0 Å². The fraction of sp³-hybridized carbons (Fsp3) is 0.682. The molecule has 29 heavy (non-hydrogen) atoms. The molecular weight excluding hydrogens is 382 g/mol. The number of anilines is 1. The molecule has 1 aliphatic heterocycles. The molecule has 1 N–H and O–H groups in total. The molecule has 6 nitrogen and oxygen atoms in total. The van der Waals surface area contributed by atoms with E-state index in [9.17, 15) is 4.79 Å².